The van der Waals surface area contributed by atoms with Crippen LogP contribution in [-0.2, 0) is 16.0 Å². The summed E-state index contributed by atoms with van der Waals surface area (Å²) in [4.78, 5) is 10.5. The molecule has 0 aliphatic rings. The van der Waals surface area contributed by atoms with E-state index in [0.717, 1.165) is 19.3 Å². The van der Waals surface area contributed by atoms with E-state index in [2.05, 4.69) is 6.07 Å². The fourth-order valence-corrected chi connectivity index (χ4v) is 1.39. The summed E-state index contributed by atoms with van der Waals surface area (Å²) in [6.45, 7) is 1.91. The van der Waals surface area contributed by atoms with E-state index in [0.29, 0.717) is 12.2 Å². The first kappa shape index (κ1) is 12.3. The molecule has 0 unspecified atom stereocenters. The smallest absolute Gasteiger partial charge is 0.302 e. The molecule has 0 amide bonds. The van der Waals surface area contributed by atoms with Crippen LogP contribution < -0.4 is 0 Å². The number of nitrogens with zero attached hydrogens (tertiary/aromatic N) is 1. The highest BCUT2D eigenvalue weighted by Crippen LogP contribution is 2.07. The molecular weight excluding hydrogens is 202 g/mol. The molecule has 0 atom stereocenters. The van der Waals surface area contributed by atoms with Crippen molar-refractivity contribution in [3.8, 4) is 6.07 Å². The molecule has 0 aliphatic carbocycles. The molecule has 0 aliphatic heterocycles. The van der Waals surface area contributed by atoms with Gasteiger partial charge in [0.2, 0.25) is 0 Å². The van der Waals surface area contributed by atoms with Crippen LogP contribution in [0.25, 0.3) is 0 Å². The summed E-state index contributed by atoms with van der Waals surface area (Å²) in [6.07, 6.45) is 2.81. The Morgan fingerprint density at radius 3 is 2.56 bits per heavy atom. The lowest BCUT2D eigenvalue weighted by atomic mass is 10.1. The first-order valence-electron chi connectivity index (χ1n) is 5.35. The van der Waals surface area contributed by atoms with Gasteiger partial charge < -0.3 is 4.74 Å². The van der Waals surface area contributed by atoms with Gasteiger partial charge in [-0.15, -0.1) is 0 Å². The van der Waals surface area contributed by atoms with Crippen LogP contribution >= 0.6 is 0 Å². The molecule has 0 heterocycles. The van der Waals surface area contributed by atoms with E-state index in [1.807, 2.05) is 24.3 Å². The average molecular weight is 217 g/mol. The van der Waals surface area contributed by atoms with Gasteiger partial charge in [-0.05, 0) is 37.0 Å². The molecule has 16 heavy (non-hydrogen) atoms. The SMILES string of the molecule is CC(=O)OCCCCc1ccc(C#N)cc1. The molecule has 1 aromatic carbocycles. The van der Waals surface area contributed by atoms with Gasteiger partial charge in [-0.25, -0.2) is 0 Å². The van der Waals surface area contributed by atoms with E-state index in [1.54, 1.807) is 0 Å². The molecule has 3 heteroatoms. The maximum absolute atomic E-state index is 10.5. The summed E-state index contributed by atoms with van der Waals surface area (Å²) in [5.41, 5.74) is 1.89. The van der Waals surface area contributed by atoms with Gasteiger partial charge in [0.15, 0.2) is 0 Å². The average Bonchev–Trinajstić information content (AvgIpc) is 2.29. The molecule has 0 fully saturated rings. The van der Waals surface area contributed by atoms with Gasteiger partial charge in [-0.1, -0.05) is 12.1 Å². The number of aryl methyl sites for hydroxylation is 1. The van der Waals surface area contributed by atoms with Gasteiger partial charge in [0.25, 0.3) is 0 Å². The Morgan fingerprint density at radius 2 is 2.00 bits per heavy atom. The Bertz CT molecular complexity index is 376. The lowest BCUT2D eigenvalue weighted by Crippen LogP contribution is -2.00. The van der Waals surface area contributed by atoms with E-state index in [4.69, 9.17) is 10.00 Å². The van der Waals surface area contributed by atoms with Gasteiger partial charge in [-0.2, -0.15) is 5.26 Å². The quantitative estimate of drug-likeness (QED) is 0.562. The zero-order valence-electron chi connectivity index (χ0n) is 9.40. The predicted octanol–water partition coefficient (Wildman–Crippen LogP) is 2.44. The van der Waals surface area contributed by atoms with Gasteiger partial charge >= 0.3 is 5.97 Å². The van der Waals surface area contributed by atoms with Crippen LogP contribution in [0.5, 0.6) is 0 Å². The summed E-state index contributed by atoms with van der Waals surface area (Å²) < 4.78 is 4.83. The minimum atomic E-state index is -0.224. The van der Waals surface area contributed by atoms with Crippen molar-refractivity contribution in [1.82, 2.24) is 0 Å². The maximum Gasteiger partial charge on any atom is 0.302 e. The van der Waals surface area contributed by atoms with Crippen molar-refractivity contribution in [2.75, 3.05) is 6.61 Å². The second-order valence-corrected chi connectivity index (χ2v) is 3.61. The maximum atomic E-state index is 10.5. The van der Waals surface area contributed by atoms with Gasteiger partial charge in [-0.3, -0.25) is 4.79 Å². The molecule has 1 rings (SSSR count). The van der Waals surface area contributed by atoms with E-state index >= 15 is 0 Å². The normalized spacial score (nSPS) is 9.50. The summed E-state index contributed by atoms with van der Waals surface area (Å²) in [6, 6.07) is 9.65. The summed E-state index contributed by atoms with van der Waals surface area (Å²) >= 11 is 0. The van der Waals surface area contributed by atoms with Crippen molar-refractivity contribution in [2.24, 2.45) is 0 Å². The minimum absolute atomic E-state index is 0.224. The van der Waals surface area contributed by atoms with Crippen LogP contribution in [0.1, 0.15) is 30.9 Å². The lowest BCUT2D eigenvalue weighted by molar-refractivity contribution is -0.141. The van der Waals surface area contributed by atoms with Gasteiger partial charge in [0.1, 0.15) is 0 Å². The first-order valence-corrected chi connectivity index (χ1v) is 5.35. The zero-order chi connectivity index (χ0) is 11.8. The highest BCUT2D eigenvalue weighted by Gasteiger charge is 1.96. The van der Waals surface area contributed by atoms with Crippen LogP contribution in [0.3, 0.4) is 0 Å². The number of unbranched alkanes of at least 4 members (excludes halogenated alkanes) is 1. The van der Waals surface area contributed by atoms with Crippen LogP contribution in [0.4, 0.5) is 0 Å². The summed E-state index contributed by atoms with van der Waals surface area (Å²) in [5.74, 6) is -0.224. The number of esters is 1. The van der Waals surface area contributed by atoms with E-state index in [9.17, 15) is 4.79 Å². The Hall–Kier alpha value is -1.82. The molecule has 0 saturated carbocycles. The van der Waals surface area contributed by atoms with Crippen molar-refractivity contribution < 1.29 is 9.53 Å². The third-order valence-corrected chi connectivity index (χ3v) is 2.25. The van der Waals surface area contributed by atoms with E-state index in [-0.39, 0.29) is 5.97 Å². The molecular formula is C13H15NO2. The lowest BCUT2D eigenvalue weighted by Gasteiger charge is -2.02. The molecule has 3 nitrogen and oxygen atoms in total. The van der Waals surface area contributed by atoms with Crippen molar-refractivity contribution in [1.29, 1.82) is 5.26 Å². The molecule has 0 bridgehead atoms. The number of rotatable bonds is 5. The third kappa shape index (κ3) is 4.61. The monoisotopic (exact) mass is 217 g/mol. The molecule has 0 spiro atoms. The number of carbonyl (C=O) groups is 1. The van der Waals surface area contributed by atoms with E-state index in [1.165, 1.54) is 12.5 Å². The molecule has 0 aromatic heterocycles. The van der Waals surface area contributed by atoms with Crippen molar-refractivity contribution >= 4 is 5.97 Å². The van der Waals surface area contributed by atoms with Crippen LogP contribution in [0.15, 0.2) is 24.3 Å². The van der Waals surface area contributed by atoms with Gasteiger partial charge in [0, 0.05) is 6.92 Å². The number of nitriles is 1. The number of hydrogen-bond donors (Lipinski definition) is 0. The topological polar surface area (TPSA) is 50.1 Å². The molecule has 1 aromatic rings. The Morgan fingerprint density at radius 1 is 1.31 bits per heavy atom. The highest BCUT2D eigenvalue weighted by molar-refractivity contribution is 5.65. The largest absolute Gasteiger partial charge is 0.466 e. The summed E-state index contributed by atoms with van der Waals surface area (Å²) in [5, 5.41) is 8.63. The third-order valence-electron chi connectivity index (χ3n) is 2.25. The Kier molecular flexibility index (Phi) is 5.07. The Balaban J connectivity index is 2.22. The number of ether oxygens (including phenoxy) is 1. The first-order chi connectivity index (χ1) is 7.72. The Labute approximate surface area is 95.7 Å². The summed E-state index contributed by atoms with van der Waals surface area (Å²) in [7, 11) is 0. The van der Waals surface area contributed by atoms with Gasteiger partial charge in [0.05, 0.1) is 18.2 Å². The number of benzene rings is 1. The molecule has 0 radical (unpaired) electrons. The molecule has 84 valence electrons. The molecule has 0 saturated heterocycles. The molecule has 0 N–H and O–H groups in total. The highest BCUT2D eigenvalue weighted by atomic mass is 16.5. The standard InChI is InChI=1S/C13H15NO2/c1-11(15)16-9-3-2-4-12-5-7-13(10-14)8-6-12/h5-8H,2-4,9H2,1H3. The minimum Gasteiger partial charge on any atom is -0.466 e. The van der Waals surface area contributed by atoms with E-state index < -0.39 is 0 Å². The predicted molar refractivity (Wildman–Crippen MR) is 60.7 cm³/mol. The van der Waals surface area contributed by atoms with Crippen LogP contribution in [0, 0.1) is 11.3 Å². The van der Waals surface area contributed by atoms with Crippen molar-refractivity contribution in [3.05, 3.63) is 35.4 Å². The number of carbonyl (C=O) groups excluding carboxylic acids is 1. The second kappa shape index (κ2) is 6.62. The second-order valence-electron chi connectivity index (χ2n) is 3.61. The van der Waals surface area contributed by atoms with Crippen LogP contribution in [-0.4, -0.2) is 12.6 Å². The zero-order valence-corrected chi connectivity index (χ0v) is 9.40. The fourth-order valence-electron chi connectivity index (χ4n) is 1.39. The number of hydrogen-bond acceptors (Lipinski definition) is 3. The van der Waals surface area contributed by atoms with Crippen molar-refractivity contribution in [3.63, 3.8) is 0 Å². The fraction of sp³-hybridized carbons (Fsp3) is 0.385. The van der Waals surface area contributed by atoms with Crippen LogP contribution in [0.2, 0.25) is 0 Å². The van der Waals surface area contributed by atoms with Crippen molar-refractivity contribution in [2.45, 2.75) is 26.2 Å².